The van der Waals surface area contributed by atoms with Gasteiger partial charge in [-0.15, -0.1) is 0 Å². The molecule has 1 saturated heterocycles. The molecule has 1 fully saturated rings. The topological polar surface area (TPSA) is 99.1 Å². The highest BCUT2D eigenvalue weighted by molar-refractivity contribution is 8.15. The third kappa shape index (κ3) is 6.14. The highest BCUT2D eigenvalue weighted by Crippen LogP contribution is 2.32. The van der Waals surface area contributed by atoms with E-state index >= 15 is 0 Å². The van der Waals surface area contributed by atoms with E-state index < -0.39 is 15.3 Å². The van der Waals surface area contributed by atoms with E-state index in [9.17, 15) is 18.0 Å². The van der Waals surface area contributed by atoms with Crippen molar-refractivity contribution in [1.82, 2.24) is 9.21 Å². The number of benzene rings is 2. The molecule has 0 unspecified atom stereocenters. The van der Waals surface area contributed by atoms with Crippen LogP contribution >= 0.6 is 23.4 Å². The fraction of sp³-hybridized carbons (Fsp3) is 0.318. The molecule has 11 heteroatoms. The molecule has 0 aromatic heterocycles. The Labute approximate surface area is 203 Å². The van der Waals surface area contributed by atoms with Crippen LogP contribution in [-0.4, -0.2) is 60.5 Å². The van der Waals surface area contributed by atoms with Gasteiger partial charge < -0.3 is 5.32 Å². The summed E-state index contributed by atoms with van der Waals surface area (Å²) in [5, 5.41) is 3.08. The summed E-state index contributed by atoms with van der Waals surface area (Å²) >= 11 is 7.16. The number of aliphatic imine (C=N–C) groups is 1. The molecule has 1 atom stereocenters. The number of thioether (sulfide) groups is 1. The maximum absolute atomic E-state index is 13.0. The molecular weight excluding hydrogens is 484 g/mol. The maximum atomic E-state index is 13.0. The Bertz CT molecular complexity index is 1180. The number of rotatable bonds is 8. The fourth-order valence-electron chi connectivity index (χ4n) is 3.14. The third-order valence-corrected chi connectivity index (χ3v) is 7.99. The summed E-state index contributed by atoms with van der Waals surface area (Å²) in [5.74, 6) is -0.501. The molecule has 2 aromatic rings. The molecule has 1 N–H and O–H groups in total. The van der Waals surface area contributed by atoms with E-state index in [1.807, 2.05) is 6.92 Å². The van der Waals surface area contributed by atoms with Crippen LogP contribution in [0.1, 0.15) is 19.8 Å². The van der Waals surface area contributed by atoms with Crippen molar-refractivity contribution in [2.45, 2.75) is 29.9 Å². The van der Waals surface area contributed by atoms with E-state index in [0.717, 1.165) is 4.31 Å². The number of nitrogens with one attached hydrogen (secondary N) is 1. The minimum absolute atomic E-state index is 0.0235. The van der Waals surface area contributed by atoms with Gasteiger partial charge >= 0.3 is 0 Å². The Morgan fingerprint density at radius 2 is 1.94 bits per heavy atom. The first-order valence-corrected chi connectivity index (χ1v) is 13.0. The summed E-state index contributed by atoms with van der Waals surface area (Å²) in [6.07, 6.45) is 0.687. The van der Waals surface area contributed by atoms with E-state index in [1.165, 1.54) is 38.0 Å². The highest BCUT2D eigenvalue weighted by atomic mass is 35.5. The van der Waals surface area contributed by atoms with Crippen molar-refractivity contribution in [1.29, 1.82) is 0 Å². The lowest BCUT2D eigenvalue weighted by molar-refractivity contribution is -0.128. The van der Waals surface area contributed by atoms with Crippen molar-refractivity contribution < 1.29 is 18.0 Å². The number of amidine groups is 1. The predicted octanol–water partition coefficient (Wildman–Crippen LogP) is 3.96. The second-order valence-corrected chi connectivity index (χ2v) is 11.3. The standard InChI is InChI=1S/C22H25ClN4O4S2/c1-4-11-27-21(29)19(14-20(28)24-16-8-5-7-15(23)12-16)32-22(27)25-17-9-6-10-18(13-17)33(30,31)26(2)3/h5-10,12-13,19H,4,11,14H2,1-3H3,(H,24,28)/t19-/m1/s1. The fourth-order valence-corrected chi connectivity index (χ4v) is 5.45. The molecule has 0 aliphatic carbocycles. The van der Waals surface area contributed by atoms with E-state index in [4.69, 9.17) is 11.6 Å². The molecule has 0 radical (unpaired) electrons. The SMILES string of the molecule is CCCN1C(=O)[C@@H](CC(=O)Nc2cccc(Cl)c2)SC1=Nc1cccc(S(=O)(=O)N(C)C)c1. The van der Waals surface area contributed by atoms with Gasteiger partial charge in [-0.25, -0.2) is 17.7 Å². The van der Waals surface area contributed by atoms with Gasteiger partial charge in [-0.05, 0) is 42.8 Å². The molecule has 2 aromatic carbocycles. The third-order valence-electron chi connectivity index (χ3n) is 4.77. The van der Waals surface area contributed by atoms with E-state index in [2.05, 4.69) is 10.3 Å². The first kappa shape index (κ1) is 25.2. The van der Waals surface area contributed by atoms with Crippen LogP contribution in [0.2, 0.25) is 5.02 Å². The summed E-state index contributed by atoms with van der Waals surface area (Å²) in [7, 11) is -0.693. The number of carbonyl (C=O) groups excluding carboxylic acids is 2. The summed E-state index contributed by atoms with van der Waals surface area (Å²) in [4.78, 5) is 31.7. The van der Waals surface area contributed by atoms with Crippen LogP contribution in [0.25, 0.3) is 0 Å². The lowest BCUT2D eigenvalue weighted by Crippen LogP contribution is -2.34. The minimum atomic E-state index is -3.61. The predicted molar refractivity (Wildman–Crippen MR) is 132 cm³/mol. The number of nitrogens with zero attached hydrogens (tertiary/aromatic N) is 3. The van der Waals surface area contributed by atoms with E-state index in [0.29, 0.717) is 34.5 Å². The average molecular weight is 509 g/mol. The smallest absolute Gasteiger partial charge is 0.242 e. The number of anilines is 1. The van der Waals surface area contributed by atoms with Gasteiger partial charge in [0.2, 0.25) is 21.8 Å². The lowest BCUT2D eigenvalue weighted by atomic mass is 10.2. The van der Waals surface area contributed by atoms with Gasteiger partial charge in [0.1, 0.15) is 5.25 Å². The van der Waals surface area contributed by atoms with Gasteiger partial charge in [0.05, 0.1) is 10.6 Å². The molecular formula is C22H25ClN4O4S2. The Kier molecular flexibility index (Phi) is 8.17. The van der Waals surface area contributed by atoms with Crippen LogP contribution in [0.4, 0.5) is 11.4 Å². The van der Waals surface area contributed by atoms with Crippen LogP contribution in [0.15, 0.2) is 58.4 Å². The van der Waals surface area contributed by atoms with Crippen molar-refractivity contribution in [3.63, 3.8) is 0 Å². The molecule has 1 aliphatic rings. The van der Waals surface area contributed by atoms with Gasteiger partial charge in [0.15, 0.2) is 5.17 Å². The zero-order valence-corrected chi connectivity index (χ0v) is 20.9. The number of amides is 2. The first-order chi connectivity index (χ1) is 15.6. The number of hydrogen-bond acceptors (Lipinski definition) is 6. The van der Waals surface area contributed by atoms with Crippen LogP contribution < -0.4 is 5.32 Å². The monoisotopic (exact) mass is 508 g/mol. The van der Waals surface area contributed by atoms with Gasteiger partial charge in [-0.3, -0.25) is 14.5 Å². The molecule has 1 aliphatic heterocycles. The number of carbonyl (C=O) groups is 2. The normalized spacial score (nSPS) is 17.7. The Balaban J connectivity index is 1.80. The van der Waals surface area contributed by atoms with Crippen molar-refractivity contribution in [3.8, 4) is 0 Å². The first-order valence-electron chi connectivity index (χ1n) is 10.3. The zero-order chi connectivity index (χ0) is 24.2. The minimum Gasteiger partial charge on any atom is -0.326 e. The van der Waals surface area contributed by atoms with E-state index in [-0.39, 0.29) is 23.1 Å². The van der Waals surface area contributed by atoms with Crippen molar-refractivity contribution in [3.05, 3.63) is 53.6 Å². The average Bonchev–Trinajstić information content (AvgIpc) is 3.03. The van der Waals surface area contributed by atoms with Crippen molar-refractivity contribution in [2.24, 2.45) is 4.99 Å². The van der Waals surface area contributed by atoms with Crippen LogP contribution in [0.5, 0.6) is 0 Å². The Morgan fingerprint density at radius 1 is 1.21 bits per heavy atom. The Hall–Kier alpha value is -2.40. The number of hydrogen-bond donors (Lipinski definition) is 1. The van der Waals surface area contributed by atoms with Crippen molar-refractivity contribution >= 4 is 61.7 Å². The molecule has 3 rings (SSSR count). The summed E-state index contributed by atoms with van der Waals surface area (Å²) in [6.45, 7) is 2.39. The largest absolute Gasteiger partial charge is 0.326 e. The second kappa shape index (κ2) is 10.7. The van der Waals surface area contributed by atoms with Gasteiger partial charge in [0, 0.05) is 37.8 Å². The Morgan fingerprint density at radius 3 is 2.61 bits per heavy atom. The zero-order valence-electron chi connectivity index (χ0n) is 18.5. The number of sulfonamides is 1. The molecule has 8 nitrogen and oxygen atoms in total. The van der Waals surface area contributed by atoms with Gasteiger partial charge in [-0.2, -0.15) is 0 Å². The molecule has 2 amide bonds. The quantitative estimate of drug-likeness (QED) is 0.581. The highest BCUT2D eigenvalue weighted by Gasteiger charge is 2.38. The van der Waals surface area contributed by atoms with Crippen LogP contribution in [-0.2, 0) is 19.6 Å². The maximum Gasteiger partial charge on any atom is 0.242 e. The van der Waals surface area contributed by atoms with Crippen molar-refractivity contribution in [2.75, 3.05) is 26.0 Å². The molecule has 0 spiro atoms. The van der Waals surface area contributed by atoms with Gasteiger partial charge in [-0.1, -0.05) is 42.4 Å². The van der Waals surface area contributed by atoms with Gasteiger partial charge in [0.25, 0.3) is 0 Å². The van der Waals surface area contributed by atoms with Crippen LogP contribution in [0.3, 0.4) is 0 Å². The molecule has 0 saturated carbocycles. The molecule has 0 bridgehead atoms. The molecule has 176 valence electrons. The summed E-state index contributed by atoms with van der Waals surface area (Å²) in [6, 6.07) is 13.0. The van der Waals surface area contributed by atoms with Crippen LogP contribution in [0, 0.1) is 0 Å². The molecule has 33 heavy (non-hydrogen) atoms. The number of halogens is 1. The summed E-state index contributed by atoms with van der Waals surface area (Å²) < 4.78 is 26.0. The second-order valence-electron chi connectivity index (χ2n) is 7.54. The molecule has 1 heterocycles. The lowest BCUT2D eigenvalue weighted by Gasteiger charge is -2.15. The summed E-state index contributed by atoms with van der Waals surface area (Å²) in [5.41, 5.74) is 0.972. The van der Waals surface area contributed by atoms with E-state index in [1.54, 1.807) is 41.3 Å².